The monoisotopic (exact) mass is 360 g/mol. The summed E-state index contributed by atoms with van der Waals surface area (Å²) >= 11 is 0. The maximum Gasteiger partial charge on any atom is 0.194 e. The zero-order valence-corrected chi connectivity index (χ0v) is 15.4. The Kier molecular flexibility index (Phi) is 8.46. The highest BCUT2D eigenvalue weighted by Crippen LogP contribution is 2.16. The summed E-state index contributed by atoms with van der Waals surface area (Å²) in [5, 5.41) is 0. The molecule has 0 spiro atoms. The van der Waals surface area contributed by atoms with Crippen molar-refractivity contribution < 1.29 is 13.2 Å². The molecule has 0 heterocycles. The molecular formula is C23H27F3. The van der Waals surface area contributed by atoms with Crippen molar-refractivity contribution in [2.75, 3.05) is 0 Å². The third-order valence-electron chi connectivity index (χ3n) is 4.51. The lowest BCUT2D eigenvalue weighted by atomic mass is 10.0. The molecule has 0 N–H and O–H groups in total. The molecule has 2 rings (SSSR count). The molecule has 2 aromatic rings. The average Bonchev–Trinajstić information content (AvgIpc) is 2.64. The first-order chi connectivity index (χ1) is 12.6. The molecule has 3 heteroatoms. The van der Waals surface area contributed by atoms with Gasteiger partial charge in [0.15, 0.2) is 17.5 Å². The van der Waals surface area contributed by atoms with Crippen molar-refractivity contribution in [3.8, 4) is 0 Å². The lowest BCUT2D eigenvalue weighted by molar-refractivity contribution is 0.445. The van der Waals surface area contributed by atoms with Crippen LogP contribution in [0.25, 0.3) is 6.08 Å². The standard InChI is InChI=1S/C23H27F3/c1-2-3-4-5-6-7-8-9-18-10-12-19(13-11-18)14-15-20-16-21(24)23(26)22(25)17-20/h8-13,16-17H,2-7,14-15H2,1H3. The van der Waals surface area contributed by atoms with Gasteiger partial charge in [0.25, 0.3) is 0 Å². The maximum absolute atomic E-state index is 13.2. The van der Waals surface area contributed by atoms with Crippen LogP contribution in [-0.4, -0.2) is 0 Å². The quantitative estimate of drug-likeness (QED) is 0.309. The number of halogens is 3. The van der Waals surface area contributed by atoms with Crippen LogP contribution in [0.1, 0.15) is 62.1 Å². The summed E-state index contributed by atoms with van der Waals surface area (Å²) < 4.78 is 39.4. The van der Waals surface area contributed by atoms with Crippen molar-refractivity contribution in [1.29, 1.82) is 0 Å². The predicted molar refractivity (Wildman–Crippen MR) is 103 cm³/mol. The molecule has 0 saturated carbocycles. The van der Waals surface area contributed by atoms with E-state index in [0.29, 0.717) is 18.4 Å². The van der Waals surface area contributed by atoms with Crippen LogP contribution in [0.2, 0.25) is 0 Å². The summed E-state index contributed by atoms with van der Waals surface area (Å²) in [5.74, 6) is -3.67. The Hall–Kier alpha value is -2.03. The van der Waals surface area contributed by atoms with Crippen LogP contribution < -0.4 is 0 Å². The smallest absolute Gasteiger partial charge is 0.194 e. The largest absolute Gasteiger partial charge is 0.204 e. The van der Waals surface area contributed by atoms with Gasteiger partial charge in [-0.05, 0) is 54.5 Å². The number of rotatable bonds is 10. The number of aryl methyl sites for hydroxylation is 2. The van der Waals surface area contributed by atoms with Gasteiger partial charge in [-0.15, -0.1) is 0 Å². The highest BCUT2D eigenvalue weighted by molar-refractivity contribution is 5.49. The first-order valence-corrected chi connectivity index (χ1v) is 9.49. The molecule has 0 atom stereocenters. The van der Waals surface area contributed by atoms with Gasteiger partial charge in [0.1, 0.15) is 0 Å². The Morgan fingerprint density at radius 1 is 0.769 bits per heavy atom. The minimum Gasteiger partial charge on any atom is -0.204 e. The molecule has 0 unspecified atom stereocenters. The first kappa shape index (κ1) is 20.3. The van der Waals surface area contributed by atoms with Gasteiger partial charge in [0.05, 0.1) is 0 Å². The Bertz CT molecular complexity index is 679. The van der Waals surface area contributed by atoms with Crippen LogP contribution in [0, 0.1) is 17.5 Å². The average molecular weight is 360 g/mol. The highest BCUT2D eigenvalue weighted by Gasteiger charge is 2.10. The van der Waals surface area contributed by atoms with Crippen LogP contribution in [-0.2, 0) is 12.8 Å². The second-order valence-electron chi connectivity index (χ2n) is 6.72. The first-order valence-electron chi connectivity index (χ1n) is 9.49. The van der Waals surface area contributed by atoms with Crippen molar-refractivity contribution in [2.45, 2.75) is 58.3 Å². The minimum absolute atomic E-state index is 0.466. The summed E-state index contributed by atoms with van der Waals surface area (Å²) in [7, 11) is 0. The van der Waals surface area contributed by atoms with E-state index in [1.54, 1.807) is 0 Å². The van der Waals surface area contributed by atoms with Crippen LogP contribution in [0.4, 0.5) is 13.2 Å². The number of benzene rings is 2. The van der Waals surface area contributed by atoms with E-state index in [1.165, 1.54) is 32.1 Å². The molecule has 0 fully saturated rings. The van der Waals surface area contributed by atoms with Gasteiger partial charge in [-0.25, -0.2) is 13.2 Å². The van der Waals surface area contributed by atoms with E-state index < -0.39 is 17.5 Å². The Morgan fingerprint density at radius 2 is 1.38 bits per heavy atom. The molecular weight excluding hydrogens is 333 g/mol. The Morgan fingerprint density at radius 3 is 2.04 bits per heavy atom. The third kappa shape index (κ3) is 6.70. The van der Waals surface area contributed by atoms with Gasteiger partial charge in [0, 0.05) is 0 Å². The van der Waals surface area contributed by atoms with Gasteiger partial charge in [-0.1, -0.05) is 69.0 Å². The third-order valence-corrected chi connectivity index (χ3v) is 4.51. The molecule has 2 aromatic carbocycles. The van der Waals surface area contributed by atoms with Gasteiger partial charge in [-0.2, -0.15) is 0 Å². The number of allylic oxidation sites excluding steroid dienone is 1. The molecule has 0 bridgehead atoms. The summed E-state index contributed by atoms with van der Waals surface area (Å²) in [6, 6.07) is 10.3. The minimum atomic E-state index is -1.41. The van der Waals surface area contributed by atoms with Crippen LogP contribution in [0.5, 0.6) is 0 Å². The van der Waals surface area contributed by atoms with Crippen molar-refractivity contribution in [2.24, 2.45) is 0 Å². The van der Waals surface area contributed by atoms with Crippen molar-refractivity contribution >= 4 is 6.08 Å². The molecule has 0 nitrogen and oxygen atoms in total. The number of unbranched alkanes of at least 4 members (excludes halogenated alkanes) is 5. The van der Waals surface area contributed by atoms with E-state index in [0.717, 1.165) is 29.7 Å². The van der Waals surface area contributed by atoms with Crippen LogP contribution >= 0.6 is 0 Å². The fourth-order valence-corrected chi connectivity index (χ4v) is 2.92. The second kappa shape index (κ2) is 10.8. The molecule has 0 radical (unpaired) electrons. The predicted octanol–water partition coefficient (Wildman–Crippen LogP) is 7.26. The molecule has 0 aliphatic heterocycles. The van der Waals surface area contributed by atoms with Crippen LogP contribution in [0.15, 0.2) is 42.5 Å². The van der Waals surface area contributed by atoms with E-state index in [4.69, 9.17) is 0 Å². The fraction of sp³-hybridized carbons (Fsp3) is 0.391. The zero-order valence-electron chi connectivity index (χ0n) is 15.4. The second-order valence-corrected chi connectivity index (χ2v) is 6.72. The molecule has 140 valence electrons. The maximum atomic E-state index is 13.2. The molecule has 0 saturated heterocycles. The summed E-state index contributed by atoms with van der Waals surface area (Å²) in [4.78, 5) is 0. The molecule has 0 aromatic heterocycles. The Balaban J connectivity index is 1.78. The lowest BCUT2D eigenvalue weighted by Crippen LogP contribution is -1.97. The van der Waals surface area contributed by atoms with E-state index in [-0.39, 0.29) is 0 Å². The number of hydrogen-bond donors (Lipinski definition) is 0. The van der Waals surface area contributed by atoms with Gasteiger partial charge in [0.2, 0.25) is 0 Å². The van der Waals surface area contributed by atoms with Crippen molar-refractivity contribution in [1.82, 2.24) is 0 Å². The molecule has 26 heavy (non-hydrogen) atoms. The topological polar surface area (TPSA) is 0 Å². The van der Waals surface area contributed by atoms with E-state index >= 15 is 0 Å². The van der Waals surface area contributed by atoms with E-state index in [2.05, 4.69) is 31.2 Å². The Labute approximate surface area is 154 Å². The zero-order chi connectivity index (χ0) is 18.8. The van der Waals surface area contributed by atoms with Gasteiger partial charge < -0.3 is 0 Å². The summed E-state index contributed by atoms with van der Waals surface area (Å²) in [6.45, 7) is 2.22. The lowest BCUT2D eigenvalue weighted by Gasteiger charge is -2.05. The van der Waals surface area contributed by atoms with Gasteiger partial charge in [-0.3, -0.25) is 0 Å². The summed E-state index contributed by atoms with van der Waals surface area (Å²) in [6.07, 6.45) is 13.0. The molecule has 0 aliphatic rings. The molecule has 0 amide bonds. The van der Waals surface area contributed by atoms with E-state index in [9.17, 15) is 13.2 Å². The fourth-order valence-electron chi connectivity index (χ4n) is 2.92. The normalized spacial score (nSPS) is 11.4. The van der Waals surface area contributed by atoms with Gasteiger partial charge >= 0.3 is 0 Å². The number of hydrogen-bond acceptors (Lipinski definition) is 0. The van der Waals surface area contributed by atoms with Crippen molar-refractivity contribution in [3.63, 3.8) is 0 Å². The molecule has 0 aliphatic carbocycles. The van der Waals surface area contributed by atoms with E-state index in [1.807, 2.05) is 12.1 Å². The van der Waals surface area contributed by atoms with Crippen molar-refractivity contribution in [3.05, 3.63) is 76.6 Å². The SMILES string of the molecule is CCCCCCCC=Cc1ccc(CCc2cc(F)c(F)c(F)c2)cc1. The van der Waals surface area contributed by atoms with Crippen LogP contribution in [0.3, 0.4) is 0 Å². The summed E-state index contributed by atoms with van der Waals surface area (Å²) in [5.41, 5.74) is 2.71. The highest BCUT2D eigenvalue weighted by atomic mass is 19.2.